The van der Waals surface area contributed by atoms with Gasteiger partial charge in [-0.3, -0.25) is 20.1 Å². The normalized spacial score (nSPS) is 26.7. The topological polar surface area (TPSA) is 128 Å². The zero-order chi connectivity index (χ0) is 31.1. The highest BCUT2D eigenvalue weighted by molar-refractivity contribution is 6.08. The first-order valence-electron chi connectivity index (χ1n) is 15.9. The molecule has 11 nitrogen and oxygen atoms in total. The lowest BCUT2D eigenvalue weighted by molar-refractivity contribution is -0.124. The molecule has 2 aromatic heterocycles. The number of hydrogen-bond donors (Lipinski definition) is 3. The summed E-state index contributed by atoms with van der Waals surface area (Å²) in [6.07, 6.45) is 6.10. The lowest BCUT2D eigenvalue weighted by Crippen LogP contribution is -2.58. The van der Waals surface area contributed by atoms with Gasteiger partial charge in [-0.25, -0.2) is 9.18 Å². The van der Waals surface area contributed by atoms with Crippen LogP contribution in [0.3, 0.4) is 0 Å². The molecule has 4 aliphatic rings. The first-order valence-corrected chi connectivity index (χ1v) is 15.9. The second-order valence-electron chi connectivity index (χ2n) is 13.6. The van der Waals surface area contributed by atoms with Gasteiger partial charge in [-0.2, -0.15) is 15.1 Å². The number of halogens is 1. The van der Waals surface area contributed by atoms with Crippen LogP contribution in [0.2, 0.25) is 0 Å². The summed E-state index contributed by atoms with van der Waals surface area (Å²) in [6, 6.07) is 5.26. The van der Waals surface area contributed by atoms with E-state index in [1.165, 1.54) is 0 Å². The predicted molar refractivity (Wildman–Crippen MR) is 168 cm³/mol. The molecule has 234 valence electrons. The van der Waals surface area contributed by atoms with Crippen molar-refractivity contribution < 1.29 is 18.7 Å². The van der Waals surface area contributed by atoms with Crippen molar-refractivity contribution in [2.75, 3.05) is 37.7 Å². The van der Waals surface area contributed by atoms with Crippen molar-refractivity contribution in [2.24, 2.45) is 5.92 Å². The van der Waals surface area contributed by atoms with Crippen LogP contribution in [0.4, 0.5) is 15.0 Å². The minimum atomic E-state index is -1.07. The summed E-state index contributed by atoms with van der Waals surface area (Å²) in [5.41, 5.74) is 3.04. The lowest BCUT2D eigenvalue weighted by atomic mass is 9.89. The molecule has 3 amide bonds. The Hall–Kier alpha value is -4.32. The van der Waals surface area contributed by atoms with Crippen LogP contribution in [0, 0.1) is 25.6 Å². The largest absolute Gasteiger partial charge is 0.461 e. The number of urea groups is 1. The molecule has 4 saturated heterocycles. The highest BCUT2D eigenvalue weighted by atomic mass is 19.1. The fourth-order valence-corrected chi connectivity index (χ4v) is 8.37. The Balaban J connectivity index is 1.26. The first-order chi connectivity index (χ1) is 21.7. The van der Waals surface area contributed by atoms with E-state index in [1.54, 1.807) is 12.3 Å². The number of nitrogens with zero attached hydrogens (tertiary/aromatic N) is 5. The van der Waals surface area contributed by atoms with Crippen molar-refractivity contribution in [3.63, 3.8) is 0 Å². The second-order valence-corrected chi connectivity index (χ2v) is 13.6. The van der Waals surface area contributed by atoms with E-state index < -0.39 is 17.4 Å². The minimum Gasteiger partial charge on any atom is -0.461 e. The Bertz CT molecular complexity index is 1890. The number of hydrogen-bond acceptors (Lipinski definition) is 8. The van der Waals surface area contributed by atoms with Crippen molar-refractivity contribution in [1.82, 2.24) is 35.7 Å². The molecule has 4 aromatic rings. The van der Waals surface area contributed by atoms with Gasteiger partial charge in [0, 0.05) is 29.4 Å². The summed E-state index contributed by atoms with van der Waals surface area (Å²) >= 11 is 0. The van der Waals surface area contributed by atoms with E-state index in [2.05, 4.69) is 32.7 Å². The standard InChI is InChI=1S/C33H37FN8O3/c1-18-13-32(8-4-11-42(32)15-18)17-45-31-36-27-22(28(37-31)41-10-5-9-33(16-41)29(43)38-30(44)39-33)7-6-21(26(27)34)25-20(3)19(2)12-24-23(25)14-35-40-24/h6-7,12,14,18H,4-5,8-11,13,15-17H2,1-3H3,(H,35,40)(H2,38,39,43,44)/t18-,32+,33-/m1/s1. The number of benzene rings is 2. The summed E-state index contributed by atoms with van der Waals surface area (Å²) in [5, 5.41) is 13.8. The van der Waals surface area contributed by atoms with Gasteiger partial charge in [0.15, 0.2) is 5.82 Å². The molecule has 2 aromatic carbocycles. The van der Waals surface area contributed by atoms with Crippen molar-refractivity contribution in [3.8, 4) is 17.1 Å². The van der Waals surface area contributed by atoms with Gasteiger partial charge >= 0.3 is 12.0 Å². The second kappa shape index (κ2) is 10.1. The summed E-state index contributed by atoms with van der Waals surface area (Å²) in [7, 11) is 0. The van der Waals surface area contributed by atoms with Crippen LogP contribution in [-0.2, 0) is 4.79 Å². The molecule has 0 unspecified atom stereocenters. The van der Waals surface area contributed by atoms with E-state index in [-0.39, 0.29) is 29.5 Å². The van der Waals surface area contributed by atoms with Crippen LogP contribution < -0.4 is 20.3 Å². The Labute approximate surface area is 259 Å². The van der Waals surface area contributed by atoms with Gasteiger partial charge in [-0.15, -0.1) is 0 Å². The molecule has 0 bridgehead atoms. The third-order valence-electron chi connectivity index (χ3n) is 10.6. The predicted octanol–water partition coefficient (Wildman–Crippen LogP) is 4.36. The molecule has 0 aliphatic carbocycles. The Kier molecular flexibility index (Phi) is 6.32. The maximum absolute atomic E-state index is 16.9. The van der Waals surface area contributed by atoms with Crippen molar-refractivity contribution in [3.05, 3.63) is 41.3 Å². The van der Waals surface area contributed by atoms with Crippen molar-refractivity contribution >= 4 is 39.6 Å². The van der Waals surface area contributed by atoms with Gasteiger partial charge in [0.1, 0.15) is 23.5 Å². The summed E-state index contributed by atoms with van der Waals surface area (Å²) < 4.78 is 23.3. The third-order valence-corrected chi connectivity index (χ3v) is 10.6. The Morgan fingerprint density at radius 3 is 2.78 bits per heavy atom. The number of fused-ring (bicyclic) bond motifs is 3. The van der Waals surface area contributed by atoms with E-state index >= 15 is 4.39 Å². The molecule has 4 fully saturated rings. The van der Waals surface area contributed by atoms with E-state index in [1.807, 2.05) is 30.9 Å². The number of aromatic nitrogens is 4. The Morgan fingerprint density at radius 1 is 1.11 bits per heavy atom. The smallest absolute Gasteiger partial charge is 0.322 e. The minimum absolute atomic E-state index is 0.0642. The zero-order valence-electron chi connectivity index (χ0n) is 25.8. The monoisotopic (exact) mass is 612 g/mol. The number of piperidine rings is 1. The van der Waals surface area contributed by atoms with Crippen molar-refractivity contribution in [2.45, 2.75) is 64.0 Å². The summed E-state index contributed by atoms with van der Waals surface area (Å²) in [4.78, 5) is 39.1. The SMILES string of the molecule is Cc1cc2[nH]ncc2c(-c2ccc3c(N4CCC[C@]5(C4)NC(=O)NC5=O)nc(OC[C@@]45CCCN4C[C@H](C)C5)nc3c2F)c1C. The molecule has 0 radical (unpaired) electrons. The molecule has 45 heavy (non-hydrogen) atoms. The fraction of sp³-hybridized carbons (Fsp3) is 0.485. The van der Waals surface area contributed by atoms with Gasteiger partial charge in [-0.05, 0) is 87.2 Å². The summed E-state index contributed by atoms with van der Waals surface area (Å²) in [5.74, 6) is 0.251. The number of rotatable bonds is 5. The van der Waals surface area contributed by atoms with Gasteiger partial charge in [-0.1, -0.05) is 13.0 Å². The van der Waals surface area contributed by atoms with E-state index in [9.17, 15) is 9.59 Å². The number of imide groups is 1. The molecule has 3 atom stereocenters. The van der Waals surface area contributed by atoms with Crippen LogP contribution in [0.15, 0.2) is 24.4 Å². The number of aryl methyl sites for hydroxylation is 1. The fourth-order valence-electron chi connectivity index (χ4n) is 8.37. The third kappa shape index (κ3) is 4.36. The van der Waals surface area contributed by atoms with Crippen LogP contribution in [0.25, 0.3) is 32.9 Å². The van der Waals surface area contributed by atoms with Gasteiger partial charge in [0.05, 0.1) is 23.8 Å². The zero-order valence-corrected chi connectivity index (χ0v) is 25.8. The van der Waals surface area contributed by atoms with E-state index in [4.69, 9.17) is 14.7 Å². The number of aromatic amines is 1. The molecular weight excluding hydrogens is 575 g/mol. The average Bonchev–Trinajstić information content (AvgIpc) is 3.76. The van der Waals surface area contributed by atoms with Crippen LogP contribution in [-0.4, -0.2) is 80.9 Å². The number of ether oxygens (including phenoxy) is 1. The molecule has 12 heteroatoms. The van der Waals surface area contributed by atoms with Gasteiger partial charge in [0.2, 0.25) is 0 Å². The van der Waals surface area contributed by atoms with Gasteiger partial charge < -0.3 is 15.0 Å². The van der Waals surface area contributed by atoms with Crippen LogP contribution >= 0.6 is 0 Å². The Morgan fingerprint density at radius 2 is 1.96 bits per heavy atom. The maximum atomic E-state index is 16.9. The molecule has 0 saturated carbocycles. The number of H-pyrrole nitrogens is 1. The van der Waals surface area contributed by atoms with Crippen LogP contribution in [0.1, 0.15) is 50.2 Å². The number of amides is 3. The molecular formula is C33H37FN8O3. The van der Waals surface area contributed by atoms with Crippen molar-refractivity contribution in [1.29, 1.82) is 0 Å². The quantitative estimate of drug-likeness (QED) is 0.284. The molecule has 6 heterocycles. The maximum Gasteiger partial charge on any atom is 0.322 e. The highest BCUT2D eigenvalue weighted by Crippen LogP contribution is 2.43. The lowest BCUT2D eigenvalue weighted by Gasteiger charge is -2.39. The van der Waals surface area contributed by atoms with Crippen LogP contribution in [0.5, 0.6) is 6.01 Å². The van der Waals surface area contributed by atoms with E-state index in [0.29, 0.717) is 48.7 Å². The van der Waals surface area contributed by atoms with Gasteiger partial charge in [0.25, 0.3) is 5.91 Å². The number of anilines is 1. The molecule has 1 spiro atoms. The highest BCUT2D eigenvalue weighted by Gasteiger charge is 2.50. The molecule has 8 rings (SSSR count). The first kappa shape index (κ1) is 28.2. The number of carbonyl (C=O) groups excluding carboxylic acids is 2. The summed E-state index contributed by atoms with van der Waals surface area (Å²) in [6.45, 7) is 9.59. The molecule has 4 aliphatic heterocycles. The molecule has 3 N–H and O–H groups in total. The number of nitrogens with one attached hydrogen (secondary N) is 3. The van der Waals surface area contributed by atoms with E-state index in [0.717, 1.165) is 59.9 Å². The average molecular weight is 613 g/mol. The number of carbonyl (C=O) groups is 2.